The summed E-state index contributed by atoms with van der Waals surface area (Å²) in [7, 11) is 3.46. The van der Waals surface area contributed by atoms with E-state index in [2.05, 4.69) is 30.2 Å². The molecule has 0 amide bonds. The van der Waals surface area contributed by atoms with Crippen molar-refractivity contribution < 1.29 is 22.3 Å². The highest BCUT2D eigenvalue weighted by Gasteiger charge is 2.59. The quantitative estimate of drug-likeness (QED) is 0.339. The first-order valence-electron chi connectivity index (χ1n) is 11.9. The third-order valence-electron chi connectivity index (χ3n) is 7.10. The third-order valence-corrected chi connectivity index (χ3v) is 7.10. The summed E-state index contributed by atoms with van der Waals surface area (Å²) in [6.07, 6.45) is -2.30. The number of rotatable bonds is 6. The van der Waals surface area contributed by atoms with Crippen LogP contribution in [0.5, 0.6) is 5.75 Å². The molecule has 6 rings (SSSR count). The van der Waals surface area contributed by atoms with Crippen molar-refractivity contribution in [2.24, 2.45) is 18.9 Å². The Morgan fingerprint density at radius 1 is 1.13 bits per heavy atom. The molecule has 15 heteroatoms. The lowest BCUT2D eigenvalue weighted by molar-refractivity contribution is -0.274. The van der Waals surface area contributed by atoms with Crippen LogP contribution in [0.2, 0.25) is 0 Å². The SMILES string of the molecule is CN(c1nc(-c2ccncc2F)cc(=O)n1C)[C@H]1[C@@H]2CN(c3nnnn3-c3cccc(OC(F)(F)F)c3)C[C@@H]21. The number of tetrazole rings is 1. The number of fused-ring (bicyclic) bond motifs is 1. The van der Waals surface area contributed by atoms with Gasteiger partial charge in [0.1, 0.15) is 5.75 Å². The summed E-state index contributed by atoms with van der Waals surface area (Å²) < 4.78 is 59.1. The topological polar surface area (TPSA) is 107 Å². The first-order valence-corrected chi connectivity index (χ1v) is 11.9. The zero-order valence-electron chi connectivity index (χ0n) is 20.6. The zero-order chi connectivity index (χ0) is 27.5. The van der Waals surface area contributed by atoms with Crippen molar-refractivity contribution in [2.75, 3.05) is 29.9 Å². The van der Waals surface area contributed by atoms with Gasteiger partial charge in [0.2, 0.25) is 11.9 Å². The summed E-state index contributed by atoms with van der Waals surface area (Å²) in [4.78, 5) is 24.9. The molecule has 0 spiro atoms. The largest absolute Gasteiger partial charge is 0.573 e. The molecule has 1 aromatic carbocycles. The molecule has 0 bridgehead atoms. The average Bonchev–Trinajstić information content (AvgIpc) is 3.22. The molecule has 39 heavy (non-hydrogen) atoms. The van der Waals surface area contributed by atoms with E-state index >= 15 is 0 Å². The molecule has 202 valence electrons. The van der Waals surface area contributed by atoms with Crippen molar-refractivity contribution in [1.29, 1.82) is 0 Å². The highest BCUT2D eigenvalue weighted by Crippen LogP contribution is 2.50. The summed E-state index contributed by atoms with van der Waals surface area (Å²) in [5, 5.41) is 11.8. The maximum atomic E-state index is 14.3. The fourth-order valence-corrected chi connectivity index (χ4v) is 5.29. The van der Waals surface area contributed by atoms with Gasteiger partial charge < -0.3 is 14.5 Å². The highest BCUT2D eigenvalue weighted by atomic mass is 19.4. The van der Waals surface area contributed by atoms with Crippen molar-refractivity contribution in [2.45, 2.75) is 12.4 Å². The number of hydrogen-bond acceptors (Lipinski definition) is 9. The fourth-order valence-electron chi connectivity index (χ4n) is 5.29. The summed E-state index contributed by atoms with van der Waals surface area (Å²) in [6, 6.07) is 8.26. The molecule has 1 aliphatic carbocycles. The summed E-state index contributed by atoms with van der Waals surface area (Å²) in [6.45, 7) is 1.18. The van der Waals surface area contributed by atoms with Gasteiger partial charge in [-0.15, -0.1) is 13.2 Å². The van der Waals surface area contributed by atoms with Crippen LogP contribution in [0.15, 0.2) is 53.6 Å². The molecule has 1 saturated carbocycles. The summed E-state index contributed by atoms with van der Waals surface area (Å²) in [5.74, 6) is 0.273. The average molecular weight is 543 g/mol. The van der Waals surface area contributed by atoms with Crippen LogP contribution in [0.4, 0.5) is 29.5 Å². The second kappa shape index (κ2) is 9.03. The van der Waals surface area contributed by atoms with E-state index in [4.69, 9.17) is 0 Å². The van der Waals surface area contributed by atoms with Gasteiger partial charge in [0.15, 0.2) is 5.82 Å². The van der Waals surface area contributed by atoms with Gasteiger partial charge >= 0.3 is 6.36 Å². The number of pyridine rings is 1. The number of alkyl halides is 3. The van der Waals surface area contributed by atoms with Crippen LogP contribution in [0, 0.1) is 17.7 Å². The van der Waals surface area contributed by atoms with Crippen LogP contribution < -0.4 is 20.1 Å². The van der Waals surface area contributed by atoms with Gasteiger partial charge in [-0.2, -0.15) is 4.68 Å². The Morgan fingerprint density at radius 2 is 1.90 bits per heavy atom. The van der Waals surface area contributed by atoms with Crippen molar-refractivity contribution in [3.8, 4) is 22.7 Å². The van der Waals surface area contributed by atoms with E-state index in [0.29, 0.717) is 30.7 Å². The first-order chi connectivity index (χ1) is 18.6. The number of benzene rings is 1. The van der Waals surface area contributed by atoms with Crippen LogP contribution >= 0.6 is 0 Å². The molecule has 1 aliphatic heterocycles. The van der Waals surface area contributed by atoms with Gasteiger partial charge in [-0.25, -0.2) is 9.37 Å². The van der Waals surface area contributed by atoms with Crippen molar-refractivity contribution in [1.82, 2.24) is 34.7 Å². The van der Waals surface area contributed by atoms with E-state index in [1.807, 2.05) is 16.8 Å². The van der Waals surface area contributed by atoms with E-state index in [1.165, 1.54) is 45.8 Å². The fraction of sp³-hybridized carbons (Fsp3) is 0.333. The minimum atomic E-state index is -4.82. The molecule has 4 heterocycles. The number of ether oxygens (including phenoxy) is 1. The van der Waals surface area contributed by atoms with E-state index in [-0.39, 0.29) is 40.4 Å². The number of hydrogen-bond donors (Lipinski definition) is 0. The lowest BCUT2D eigenvalue weighted by Crippen LogP contribution is -2.37. The van der Waals surface area contributed by atoms with Crippen LogP contribution in [-0.4, -0.2) is 67.3 Å². The molecular weight excluding hydrogens is 522 g/mol. The second-order valence-electron chi connectivity index (χ2n) is 9.46. The van der Waals surface area contributed by atoms with Crippen LogP contribution in [0.1, 0.15) is 0 Å². The normalized spacial score (nSPS) is 20.2. The standard InChI is InChI=1S/C24H21F4N9O2/c1-34-20(38)9-19(15-6-7-29-10-18(15)25)30-22(34)35(2)21-16-11-36(12-17(16)21)23-31-32-33-37(23)13-4-3-5-14(8-13)39-24(26,27)28/h3-10,16-17,21H,11-12H2,1-2H3/t16-,17+,21+. The molecule has 3 aromatic heterocycles. The number of piperidine rings is 1. The maximum absolute atomic E-state index is 14.3. The molecule has 0 N–H and O–H groups in total. The van der Waals surface area contributed by atoms with Crippen molar-refractivity contribution >= 4 is 11.9 Å². The maximum Gasteiger partial charge on any atom is 0.573 e. The highest BCUT2D eigenvalue weighted by molar-refractivity contribution is 5.61. The lowest BCUT2D eigenvalue weighted by Gasteiger charge is -2.26. The van der Waals surface area contributed by atoms with Crippen LogP contribution in [0.3, 0.4) is 0 Å². The van der Waals surface area contributed by atoms with E-state index in [9.17, 15) is 22.4 Å². The van der Waals surface area contributed by atoms with Gasteiger partial charge in [0.05, 0.1) is 17.6 Å². The van der Waals surface area contributed by atoms with Crippen LogP contribution in [-0.2, 0) is 7.05 Å². The predicted octanol–water partition coefficient (Wildman–Crippen LogP) is 2.43. The van der Waals surface area contributed by atoms with Gasteiger partial charge in [0, 0.05) is 69.0 Å². The van der Waals surface area contributed by atoms with Gasteiger partial charge in [-0.1, -0.05) is 11.2 Å². The Kier molecular flexibility index (Phi) is 5.73. The Hall–Kier alpha value is -4.56. The van der Waals surface area contributed by atoms with Gasteiger partial charge in [-0.3, -0.25) is 14.3 Å². The summed E-state index contributed by atoms with van der Waals surface area (Å²) in [5.41, 5.74) is 0.422. The predicted molar refractivity (Wildman–Crippen MR) is 130 cm³/mol. The Balaban J connectivity index is 1.20. The van der Waals surface area contributed by atoms with E-state index in [0.717, 1.165) is 6.20 Å². The number of aromatic nitrogens is 7. The molecule has 2 aliphatic rings. The number of halogens is 4. The van der Waals surface area contributed by atoms with Gasteiger partial charge in [0.25, 0.3) is 5.56 Å². The molecular formula is C24H21F4N9O2. The lowest BCUT2D eigenvalue weighted by atomic mass is 10.2. The molecule has 11 nitrogen and oxygen atoms in total. The number of anilines is 2. The Morgan fingerprint density at radius 3 is 2.62 bits per heavy atom. The Labute approximate surface area is 218 Å². The molecule has 2 fully saturated rings. The smallest absolute Gasteiger partial charge is 0.406 e. The second-order valence-corrected chi connectivity index (χ2v) is 9.46. The monoisotopic (exact) mass is 543 g/mol. The van der Waals surface area contributed by atoms with Gasteiger partial charge in [-0.05, 0) is 28.6 Å². The minimum Gasteiger partial charge on any atom is -0.406 e. The molecule has 3 atom stereocenters. The molecule has 1 saturated heterocycles. The van der Waals surface area contributed by atoms with E-state index < -0.39 is 12.2 Å². The van der Waals surface area contributed by atoms with Crippen LogP contribution in [0.25, 0.3) is 16.9 Å². The molecule has 0 unspecified atom stereocenters. The first kappa shape index (κ1) is 24.8. The molecule has 4 aromatic rings. The zero-order valence-corrected chi connectivity index (χ0v) is 20.6. The molecule has 0 radical (unpaired) electrons. The Bertz CT molecular complexity index is 1590. The van der Waals surface area contributed by atoms with E-state index in [1.54, 1.807) is 13.1 Å². The third kappa shape index (κ3) is 4.53. The summed E-state index contributed by atoms with van der Waals surface area (Å²) >= 11 is 0. The van der Waals surface area contributed by atoms with Crippen molar-refractivity contribution in [3.63, 3.8) is 0 Å². The minimum absolute atomic E-state index is 0.0738. The number of nitrogens with zero attached hydrogens (tertiary/aromatic N) is 9. The van der Waals surface area contributed by atoms with Crippen molar-refractivity contribution in [3.05, 3.63) is 65.0 Å².